The zero-order valence-electron chi connectivity index (χ0n) is 13.0. The fourth-order valence-electron chi connectivity index (χ4n) is 2.22. The van der Waals surface area contributed by atoms with Gasteiger partial charge in [-0.3, -0.25) is 4.79 Å². The van der Waals surface area contributed by atoms with Crippen molar-refractivity contribution < 1.29 is 4.79 Å². The maximum atomic E-state index is 12.6. The quantitative estimate of drug-likeness (QED) is 0.859. The summed E-state index contributed by atoms with van der Waals surface area (Å²) in [6.45, 7) is 7.80. The summed E-state index contributed by atoms with van der Waals surface area (Å²) in [6, 6.07) is 7.83. The highest BCUT2D eigenvalue weighted by Gasteiger charge is 2.17. The zero-order chi connectivity index (χ0) is 15.5. The number of aryl methyl sites for hydroxylation is 1. The van der Waals surface area contributed by atoms with Crippen LogP contribution in [0.2, 0.25) is 0 Å². The lowest BCUT2D eigenvalue weighted by atomic mass is 9.86. The van der Waals surface area contributed by atoms with Gasteiger partial charge in [0.1, 0.15) is 5.69 Å². The van der Waals surface area contributed by atoms with Gasteiger partial charge in [0.05, 0.1) is 12.5 Å². The van der Waals surface area contributed by atoms with E-state index in [1.165, 1.54) is 5.56 Å². The van der Waals surface area contributed by atoms with Gasteiger partial charge in [-0.15, -0.1) is 0 Å². The second-order valence-corrected chi connectivity index (χ2v) is 6.27. The summed E-state index contributed by atoms with van der Waals surface area (Å²) in [4.78, 5) is 16.6. The minimum Gasteiger partial charge on any atom is -0.330 e. The highest BCUT2D eigenvalue weighted by molar-refractivity contribution is 6.07. The van der Waals surface area contributed by atoms with Gasteiger partial charge in [0.25, 0.3) is 0 Å². The van der Waals surface area contributed by atoms with E-state index in [9.17, 15) is 4.79 Å². The predicted molar refractivity (Wildman–Crippen MR) is 84.5 cm³/mol. The van der Waals surface area contributed by atoms with E-state index in [0.717, 1.165) is 13.0 Å². The molecule has 0 radical (unpaired) electrons. The van der Waals surface area contributed by atoms with E-state index in [2.05, 4.69) is 25.8 Å². The van der Waals surface area contributed by atoms with Crippen LogP contribution in [0.3, 0.4) is 0 Å². The molecule has 2 rings (SSSR count). The van der Waals surface area contributed by atoms with Crippen molar-refractivity contribution in [2.24, 2.45) is 5.73 Å². The highest BCUT2D eigenvalue weighted by Crippen LogP contribution is 2.22. The van der Waals surface area contributed by atoms with Crippen LogP contribution in [0.5, 0.6) is 0 Å². The number of hydrogen-bond acceptors (Lipinski definition) is 3. The molecular weight excluding hydrogens is 262 g/mol. The van der Waals surface area contributed by atoms with Crippen molar-refractivity contribution in [2.45, 2.75) is 39.2 Å². The summed E-state index contributed by atoms with van der Waals surface area (Å²) in [6.07, 6.45) is 4.14. The molecule has 112 valence electrons. The molecule has 4 nitrogen and oxygen atoms in total. The number of benzene rings is 1. The second kappa shape index (κ2) is 6.22. The summed E-state index contributed by atoms with van der Waals surface area (Å²) in [5, 5.41) is 0. The monoisotopic (exact) mass is 285 g/mol. The molecule has 0 saturated carbocycles. The molecule has 0 spiro atoms. The molecule has 4 heteroatoms. The smallest absolute Gasteiger partial charge is 0.211 e. The predicted octanol–water partition coefficient (Wildman–Crippen LogP) is 2.76. The van der Waals surface area contributed by atoms with E-state index >= 15 is 0 Å². The molecule has 2 N–H and O–H groups in total. The zero-order valence-corrected chi connectivity index (χ0v) is 13.0. The van der Waals surface area contributed by atoms with Gasteiger partial charge >= 0.3 is 0 Å². The Hall–Kier alpha value is -1.94. The molecule has 1 heterocycles. The third kappa shape index (κ3) is 3.58. The molecule has 0 saturated heterocycles. The Labute approximate surface area is 126 Å². The molecule has 0 aliphatic heterocycles. The number of carbonyl (C=O) groups is 1. The minimum absolute atomic E-state index is 0.00461. The average Bonchev–Trinajstić information content (AvgIpc) is 2.92. The molecule has 2 aromatic rings. The summed E-state index contributed by atoms with van der Waals surface area (Å²) in [5.74, 6) is 0.00461. The van der Waals surface area contributed by atoms with Crippen molar-refractivity contribution in [1.82, 2.24) is 9.55 Å². The molecule has 0 amide bonds. The Kier molecular flexibility index (Phi) is 4.58. The molecule has 21 heavy (non-hydrogen) atoms. The van der Waals surface area contributed by atoms with Crippen molar-refractivity contribution in [3.63, 3.8) is 0 Å². The van der Waals surface area contributed by atoms with E-state index in [1.807, 2.05) is 28.8 Å². The number of nitrogens with two attached hydrogens (primary N) is 1. The van der Waals surface area contributed by atoms with Crippen molar-refractivity contribution in [1.29, 1.82) is 0 Å². The van der Waals surface area contributed by atoms with Crippen LogP contribution in [0.25, 0.3) is 0 Å². The Morgan fingerprint density at radius 2 is 1.90 bits per heavy atom. The van der Waals surface area contributed by atoms with Gasteiger partial charge in [0, 0.05) is 12.1 Å². The van der Waals surface area contributed by atoms with Gasteiger partial charge in [-0.05, 0) is 23.9 Å². The van der Waals surface area contributed by atoms with Crippen LogP contribution in [0.1, 0.15) is 48.8 Å². The third-order valence-electron chi connectivity index (χ3n) is 3.56. The average molecular weight is 285 g/mol. The number of rotatable bonds is 5. The number of carbonyl (C=O) groups excluding carboxylic acids is 1. The number of aromatic nitrogens is 2. The molecule has 0 fully saturated rings. The van der Waals surface area contributed by atoms with Crippen molar-refractivity contribution in [2.75, 3.05) is 6.54 Å². The lowest BCUT2D eigenvalue weighted by Crippen LogP contribution is -2.13. The van der Waals surface area contributed by atoms with Gasteiger partial charge in [-0.1, -0.05) is 45.0 Å². The summed E-state index contributed by atoms with van der Waals surface area (Å²) in [7, 11) is 0. The fraction of sp³-hybridized carbons (Fsp3) is 0.412. The molecule has 0 bridgehead atoms. The number of ketones is 1. The van der Waals surface area contributed by atoms with Crippen LogP contribution in [0.15, 0.2) is 36.8 Å². The lowest BCUT2D eigenvalue weighted by molar-refractivity contribution is 0.103. The summed E-state index contributed by atoms with van der Waals surface area (Å²) < 4.78 is 1.87. The largest absolute Gasteiger partial charge is 0.330 e. The first-order chi connectivity index (χ1) is 9.93. The molecule has 0 unspecified atom stereocenters. The highest BCUT2D eigenvalue weighted by atomic mass is 16.1. The first-order valence-corrected chi connectivity index (χ1v) is 7.29. The summed E-state index contributed by atoms with van der Waals surface area (Å²) >= 11 is 0. The number of imidazole rings is 1. The summed E-state index contributed by atoms with van der Waals surface area (Å²) in [5.41, 5.74) is 8.14. The molecule has 0 aliphatic carbocycles. The standard InChI is InChI=1S/C17H23N3O/c1-17(2,3)14-7-5-13(6-8-14)16(21)15-11-19-12-20(15)10-4-9-18/h5-8,11-12H,4,9-10,18H2,1-3H3. The lowest BCUT2D eigenvalue weighted by Gasteiger charge is -2.19. The Morgan fingerprint density at radius 1 is 1.24 bits per heavy atom. The maximum absolute atomic E-state index is 12.6. The van der Waals surface area contributed by atoms with E-state index in [-0.39, 0.29) is 11.2 Å². The fourth-order valence-corrected chi connectivity index (χ4v) is 2.22. The van der Waals surface area contributed by atoms with Gasteiger partial charge in [-0.25, -0.2) is 4.98 Å². The Morgan fingerprint density at radius 3 is 2.48 bits per heavy atom. The van der Waals surface area contributed by atoms with E-state index in [0.29, 0.717) is 17.8 Å². The maximum Gasteiger partial charge on any atom is 0.211 e. The SMILES string of the molecule is CC(C)(C)c1ccc(C(=O)c2cncn2CCCN)cc1. The first kappa shape index (κ1) is 15.4. The van der Waals surface area contributed by atoms with Crippen LogP contribution in [-0.4, -0.2) is 21.9 Å². The van der Waals surface area contributed by atoms with Crippen molar-refractivity contribution in [3.05, 3.63) is 53.6 Å². The van der Waals surface area contributed by atoms with Crippen LogP contribution in [0, 0.1) is 0 Å². The second-order valence-electron chi connectivity index (χ2n) is 6.27. The molecule has 0 atom stereocenters. The first-order valence-electron chi connectivity index (χ1n) is 7.29. The normalized spacial score (nSPS) is 11.6. The minimum atomic E-state index is 0.00461. The van der Waals surface area contributed by atoms with Gasteiger partial charge < -0.3 is 10.3 Å². The van der Waals surface area contributed by atoms with Crippen LogP contribution in [0.4, 0.5) is 0 Å². The van der Waals surface area contributed by atoms with Crippen LogP contribution in [-0.2, 0) is 12.0 Å². The molecule has 0 aliphatic rings. The Bertz CT molecular complexity index is 606. The topological polar surface area (TPSA) is 60.9 Å². The van der Waals surface area contributed by atoms with Gasteiger partial charge in [-0.2, -0.15) is 0 Å². The number of nitrogens with zero attached hydrogens (tertiary/aromatic N) is 2. The molecule has 1 aromatic carbocycles. The van der Waals surface area contributed by atoms with Crippen molar-refractivity contribution in [3.8, 4) is 0 Å². The van der Waals surface area contributed by atoms with E-state index < -0.39 is 0 Å². The number of hydrogen-bond donors (Lipinski definition) is 1. The van der Waals surface area contributed by atoms with Crippen LogP contribution >= 0.6 is 0 Å². The third-order valence-corrected chi connectivity index (χ3v) is 3.56. The van der Waals surface area contributed by atoms with E-state index in [1.54, 1.807) is 12.5 Å². The molecular formula is C17H23N3O. The molecule has 1 aromatic heterocycles. The van der Waals surface area contributed by atoms with E-state index in [4.69, 9.17) is 5.73 Å². The van der Waals surface area contributed by atoms with Crippen molar-refractivity contribution >= 4 is 5.78 Å². The Balaban J connectivity index is 2.22. The van der Waals surface area contributed by atoms with Crippen LogP contribution < -0.4 is 5.73 Å². The van der Waals surface area contributed by atoms with Gasteiger partial charge in [0.15, 0.2) is 0 Å². The van der Waals surface area contributed by atoms with Gasteiger partial charge in [0.2, 0.25) is 5.78 Å².